The van der Waals surface area contributed by atoms with Crippen LogP contribution in [0.5, 0.6) is 17.2 Å². The van der Waals surface area contributed by atoms with Crippen LogP contribution in [0.25, 0.3) is 5.76 Å². The summed E-state index contributed by atoms with van der Waals surface area (Å²) in [6, 6.07) is 11.6. The molecule has 0 radical (unpaired) electrons. The molecule has 0 bridgehead atoms. The van der Waals surface area contributed by atoms with Gasteiger partial charge in [0.2, 0.25) is 0 Å². The quantitative estimate of drug-likeness (QED) is 0.281. The van der Waals surface area contributed by atoms with Crippen molar-refractivity contribution >= 4 is 17.4 Å². The maximum atomic E-state index is 13.2. The van der Waals surface area contributed by atoms with E-state index in [0.717, 1.165) is 12.8 Å². The summed E-state index contributed by atoms with van der Waals surface area (Å²) in [6.07, 6.45) is 1.60. The largest absolute Gasteiger partial charge is 0.507 e. The number of aliphatic hydroxyl groups is 1. The standard InChI is InChI=1S/C27H33NO6/c1-5-9-15-28-24(18-11-10-12-19(16-18)32-6-2)23(26(30)27(28)31)25(29)21-14-13-20(33-7-3)17-22(21)34-8-4/h10-14,16-17,24,29H,5-9,15H2,1-4H3/b25-23-. The number of benzene rings is 2. The molecule has 7 heteroatoms. The van der Waals surface area contributed by atoms with Crippen molar-refractivity contribution in [3.8, 4) is 17.2 Å². The number of ether oxygens (including phenoxy) is 3. The molecule has 1 saturated heterocycles. The third-order valence-corrected chi connectivity index (χ3v) is 5.60. The van der Waals surface area contributed by atoms with Crippen molar-refractivity contribution in [2.24, 2.45) is 0 Å². The van der Waals surface area contributed by atoms with Crippen LogP contribution in [0.2, 0.25) is 0 Å². The number of carbonyl (C=O) groups is 2. The average Bonchev–Trinajstić information content (AvgIpc) is 3.08. The molecule has 2 aromatic rings. The minimum atomic E-state index is -0.729. The molecule has 0 aliphatic carbocycles. The first-order chi connectivity index (χ1) is 16.5. The van der Waals surface area contributed by atoms with Gasteiger partial charge in [-0.1, -0.05) is 25.5 Å². The van der Waals surface area contributed by atoms with Crippen LogP contribution in [-0.2, 0) is 9.59 Å². The lowest BCUT2D eigenvalue weighted by atomic mass is 9.94. The summed E-state index contributed by atoms with van der Waals surface area (Å²) in [5, 5.41) is 11.4. The molecule has 2 aromatic carbocycles. The second kappa shape index (κ2) is 11.6. The molecule has 1 heterocycles. The average molecular weight is 468 g/mol. The lowest BCUT2D eigenvalue weighted by Gasteiger charge is -2.25. The number of nitrogens with zero attached hydrogens (tertiary/aromatic N) is 1. The predicted octanol–water partition coefficient (Wildman–Crippen LogP) is 5.10. The van der Waals surface area contributed by atoms with E-state index in [1.807, 2.05) is 52.0 Å². The van der Waals surface area contributed by atoms with E-state index in [9.17, 15) is 14.7 Å². The third kappa shape index (κ3) is 5.19. The highest BCUT2D eigenvalue weighted by Gasteiger charge is 2.46. The van der Waals surface area contributed by atoms with Crippen LogP contribution in [0.3, 0.4) is 0 Å². The molecule has 182 valence electrons. The molecule has 7 nitrogen and oxygen atoms in total. The zero-order chi connectivity index (χ0) is 24.7. The number of likely N-dealkylation sites (tertiary alicyclic amines) is 1. The van der Waals surface area contributed by atoms with Gasteiger partial charge in [-0.2, -0.15) is 0 Å². The summed E-state index contributed by atoms with van der Waals surface area (Å²) in [6.45, 7) is 9.36. The van der Waals surface area contributed by atoms with Gasteiger partial charge in [0.25, 0.3) is 11.7 Å². The monoisotopic (exact) mass is 467 g/mol. The highest BCUT2D eigenvalue weighted by atomic mass is 16.5. The molecule has 1 aliphatic heterocycles. The number of rotatable bonds is 11. The lowest BCUT2D eigenvalue weighted by Crippen LogP contribution is -2.30. The molecule has 0 aromatic heterocycles. The summed E-state index contributed by atoms with van der Waals surface area (Å²) in [4.78, 5) is 27.8. The highest BCUT2D eigenvalue weighted by Crippen LogP contribution is 2.42. The van der Waals surface area contributed by atoms with E-state index in [2.05, 4.69) is 0 Å². The van der Waals surface area contributed by atoms with Crippen molar-refractivity contribution in [1.29, 1.82) is 0 Å². The molecule has 1 amide bonds. The Morgan fingerprint density at radius 1 is 0.912 bits per heavy atom. The number of hydrogen-bond donors (Lipinski definition) is 1. The van der Waals surface area contributed by atoms with Crippen molar-refractivity contribution < 1.29 is 28.9 Å². The molecule has 1 atom stereocenters. The number of amides is 1. The molecule has 34 heavy (non-hydrogen) atoms. The SMILES string of the molecule is CCCCN1C(=O)C(=O)/C(=C(\O)c2ccc(OCC)cc2OCC)C1c1cccc(OCC)c1. The fourth-order valence-corrected chi connectivity index (χ4v) is 4.10. The Bertz CT molecular complexity index is 1060. The van der Waals surface area contributed by atoms with Gasteiger partial charge in [-0.15, -0.1) is 0 Å². The number of Topliss-reactive ketones (excluding diaryl/α,β-unsaturated/α-hetero) is 1. The zero-order valence-corrected chi connectivity index (χ0v) is 20.3. The molecule has 0 spiro atoms. The van der Waals surface area contributed by atoms with Crippen LogP contribution in [0, 0.1) is 0 Å². The van der Waals surface area contributed by atoms with Crippen LogP contribution in [-0.4, -0.2) is 48.1 Å². The van der Waals surface area contributed by atoms with Crippen molar-refractivity contribution in [2.75, 3.05) is 26.4 Å². The van der Waals surface area contributed by atoms with Crippen LogP contribution in [0.4, 0.5) is 0 Å². The van der Waals surface area contributed by atoms with E-state index >= 15 is 0 Å². The van der Waals surface area contributed by atoms with Gasteiger partial charge in [0.05, 0.1) is 37.0 Å². The molecule has 1 N–H and O–H groups in total. The fourth-order valence-electron chi connectivity index (χ4n) is 4.10. The van der Waals surface area contributed by atoms with Gasteiger partial charge in [0.1, 0.15) is 23.0 Å². The summed E-state index contributed by atoms with van der Waals surface area (Å²) in [5.41, 5.74) is 1.08. The molecular formula is C27H33NO6. The van der Waals surface area contributed by atoms with Crippen LogP contribution in [0.1, 0.15) is 57.7 Å². The Kier molecular flexibility index (Phi) is 8.57. The van der Waals surface area contributed by atoms with Crippen LogP contribution in [0.15, 0.2) is 48.0 Å². The molecule has 3 rings (SSSR count). The lowest BCUT2D eigenvalue weighted by molar-refractivity contribution is -0.139. The first-order valence-electron chi connectivity index (χ1n) is 11.9. The zero-order valence-electron chi connectivity index (χ0n) is 20.3. The first kappa shape index (κ1) is 25.1. The summed E-state index contributed by atoms with van der Waals surface area (Å²) >= 11 is 0. The topological polar surface area (TPSA) is 85.3 Å². The van der Waals surface area contributed by atoms with Gasteiger partial charge in [-0.25, -0.2) is 0 Å². The van der Waals surface area contributed by atoms with Gasteiger partial charge in [0.15, 0.2) is 0 Å². The number of ketones is 1. The van der Waals surface area contributed by atoms with Crippen molar-refractivity contribution in [1.82, 2.24) is 4.90 Å². The van der Waals surface area contributed by atoms with E-state index in [1.54, 1.807) is 18.2 Å². The Hall–Kier alpha value is -3.48. The normalized spacial score (nSPS) is 17.2. The molecule has 0 saturated carbocycles. The Labute approximate surface area is 200 Å². The Balaban J connectivity index is 2.19. The summed E-state index contributed by atoms with van der Waals surface area (Å²) in [7, 11) is 0. The van der Waals surface area contributed by atoms with E-state index in [-0.39, 0.29) is 11.3 Å². The minimum Gasteiger partial charge on any atom is -0.507 e. The fraction of sp³-hybridized carbons (Fsp3) is 0.407. The van der Waals surface area contributed by atoms with Crippen molar-refractivity contribution in [3.05, 3.63) is 59.2 Å². The predicted molar refractivity (Wildman–Crippen MR) is 130 cm³/mol. The molecular weight excluding hydrogens is 434 g/mol. The first-order valence-corrected chi connectivity index (χ1v) is 11.9. The van der Waals surface area contributed by atoms with Gasteiger partial charge < -0.3 is 24.2 Å². The van der Waals surface area contributed by atoms with Gasteiger partial charge in [-0.05, 0) is 57.0 Å². The van der Waals surface area contributed by atoms with E-state index < -0.39 is 17.7 Å². The second-order valence-corrected chi connectivity index (χ2v) is 7.88. The van der Waals surface area contributed by atoms with Gasteiger partial charge in [0, 0.05) is 12.6 Å². The molecule has 1 fully saturated rings. The highest BCUT2D eigenvalue weighted by molar-refractivity contribution is 6.46. The van der Waals surface area contributed by atoms with Gasteiger partial charge >= 0.3 is 0 Å². The van der Waals surface area contributed by atoms with Crippen molar-refractivity contribution in [2.45, 2.75) is 46.6 Å². The number of carbonyl (C=O) groups excluding carboxylic acids is 2. The van der Waals surface area contributed by atoms with E-state index in [4.69, 9.17) is 14.2 Å². The van der Waals surface area contributed by atoms with Crippen LogP contribution < -0.4 is 14.2 Å². The van der Waals surface area contributed by atoms with Crippen molar-refractivity contribution in [3.63, 3.8) is 0 Å². The number of unbranched alkanes of at least 4 members (excludes halogenated alkanes) is 1. The maximum absolute atomic E-state index is 13.2. The Morgan fingerprint density at radius 3 is 2.24 bits per heavy atom. The van der Waals surface area contributed by atoms with E-state index in [0.29, 0.717) is 54.7 Å². The van der Waals surface area contributed by atoms with Crippen LogP contribution >= 0.6 is 0 Å². The van der Waals surface area contributed by atoms with Gasteiger partial charge in [-0.3, -0.25) is 9.59 Å². The minimum absolute atomic E-state index is 0.0415. The molecule has 1 aliphatic rings. The summed E-state index contributed by atoms with van der Waals surface area (Å²) in [5.74, 6) is 0.00894. The third-order valence-electron chi connectivity index (χ3n) is 5.60. The molecule has 1 unspecified atom stereocenters. The number of aliphatic hydroxyl groups excluding tert-OH is 1. The van der Waals surface area contributed by atoms with E-state index in [1.165, 1.54) is 4.90 Å². The Morgan fingerprint density at radius 2 is 1.59 bits per heavy atom. The maximum Gasteiger partial charge on any atom is 0.295 e. The number of hydrogen-bond acceptors (Lipinski definition) is 6. The smallest absolute Gasteiger partial charge is 0.295 e. The summed E-state index contributed by atoms with van der Waals surface area (Å²) < 4.78 is 16.9. The second-order valence-electron chi connectivity index (χ2n) is 7.88.